The van der Waals surface area contributed by atoms with E-state index in [1.807, 2.05) is 6.08 Å². The summed E-state index contributed by atoms with van der Waals surface area (Å²) >= 11 is 0. The lowest BCUT2D eigenvalue weighted by atomic mass is 9.61. The van der Waals surface area contributed by atoms with Gasteiger partial charge in [0, 0.05) is 6.42 Å². The van der Waals surface area contributed by atoms with Gasteiger partial charge in [0.1, 0.15) is 0 Å². The SMILES string of the molecule is C=C1C(=CC=C2CCC[C@]3(C)[C@@H]([C@H](C)C=C[C@@H](O)C4(C(=O)OC)CC4)CC[C@@H]23)C[C@@H](O[Si](C)(C)C(C)(C)C)C[C@@H]1O[Si](C)(C)C(C)(C)C. The minimum atomic E-state index is -2.01. The summed E-state index contributed by atoms with van der Waals surface area (Å²) in [7, 11) is -2.56. The molecule has 0 spiro atoms. The Morgan fingerprint density at radius 3 is 2.12 bits per heavy atom. The van der Waals surface area contributed by atoms with Gasteiger partial charge >= 0.3 is 5.97 Å². The van der Waals surface area contributed by atoms with Gasteiger partial charge < -0.3 is 18.7 Å². The van der Waals surface area contributed by atoms with Gasteiger partial charge in [0.2, 0.25) is 0 Å². The number of methoxy groups -OCH3 is 1. The average molecular weight is 699 g/mol. The van der Waals surface area contributed by atoms with Gasteiger partial charge in [-0.25, -0.2) is 0 Å². The molecule has 0 radical (unpaired) electrons. The Balaban J connectivity index is 1.56. The molecule has 0 aliphatic heterocycles. The molecule has 5 nitrogen and oxygen atoms in total. The summed E-state index contributed by atoms with van der Waals surface area (Å²) in [5, 5.41) is 11.2. The van der Waals surface area contributed by atoms with E-state index in [9.17, 15) is 9.90 Å². The van der Waals surface area contributed by atoms with E-state index >= 15 is 0 Å². The van der Waals surface area contributed by atoms with Gasteiger partial charge in [-0.3, -0.25) is 4.79 Å². The molecule has 0 aromatic carbocycles. The number of rotatable bonds is 10. The fourth-order valence-corrected chi connectivity index (χ4v) is 11.1. The van der Waals surface area contributed by atoms with Gasteiger partial charge in [0.25, 0.3) is 0 Å². The third-order valence-corrected chi connectivity index (χ3v) is 23.0. The van der Waals surface area contributed by atoms with Crippen LogP contribution in [0.4, 0.5) is 0 Å². The van der Waals surface area contributed by atoms with Crippen LogP contribution in [0.2, 0.25) is 36.3 Å². The van der Waals surface area contributed by atoms with Crippen molar-refractivity contribution in [2.24, 2.45) is 28.6 Å². The molecule has 0 aromatic rings. The Morgan fingerprint density at radius 1 is 0.958 bits per heavy atom. The molecule has 4 rings (SSSR count). The van der Waals surface area contributed by atoms with E-state index in [-0.39, 0.29) is 33.7 Å². The van der Waals surface area contributed by atoms with Crippen LogP contribution in [0.3, 0.4) is 0 Å². The average Bonchev–Trinajstić information content (AvgIpc) is 3.70. The smallest absolute Gasteiger partial charge is 0.314 e. The van der Waals surface area contributed by atoms with Crippen molar-refractivity contribution in [2.45, 2.75) is 168 Å². The highest BCUT2D eigenvalue weighted by molar-refractivity contribution is 6.74. The van der Waals surface area contributed by atoms with E-state index in [4.69, 9.17) is 13.6 Å². The number of hydrogen-bond donors (Lipinski definition) is 1. The summed E-state index contributed by atoms with van der Waals surface area (Å²) in [6.07, 6.45) is 17.4. The molecule has 7 atom stereocenters. The van der Waals surface area contributed by atoms with Gasteiger partial charge in [-0.2, -0.15) is 0 Å². The maximum Gasteiger partial charge on any atom is 0.314 e. The number of aliphatic hydroxyl groups excluding tert-OH is 1. The molecule has 4 aliphatic carbocycles. The molecule has 0 heterocycles. The van der Waals surface area contributed by atoms with Crippen molar-refractivity contribution in [2.75, 3.05) is 7.11 Å². The first-order chi connectivity index (χ1) is 22.0. The van der Waals surface area contributed by atoms with Crippen LogP contribution in [-0.2, 0) is 18.4 Å². The van der Waals surface area contributed by atoms with Crippen LogP contribution in [0.5, 0.6) is 0 Å². The van der Waals surface area contributed by atoms with Crippen LogP contribution in [-0.4, -0.2) is 53.1 Å². The molecule has 0 aromatic heterocycles. The molecule has 272 valence electrons. The lowest BCUT2D eigenvalue weighted by Crippen LogP contribution is -2.49. The Labute approximate surface area is 296 Å². The quantitative estimate of drug-likeness (QED) is 0.140. The summed E-state index contributed by atoms with van der Waals surface area (Å²) in [4.78, 5) is 12.3. The first-order valence-corrected chi connectivity index (χ1v) is 24.7. The van der Waals surface area contributed by atoms with Crippen molar-refractivity contribution in [3.8, 4) is 0 Å². The summed E-state index contributed by atoms with van der Waals surface area (Å²) in [5.41, 5.74) is 3.52. The first-order valence-electron chi connectivity index (χ1n) is 18.9. The van der Waals surface area contributed by atoms with Gasteiger partial charge in [-0.05, 0) is 122 Å². The summed E-state index contributed by atoms with van der Waals surface area (Å²) in [6.45, 7) is 32.8. The Bertz CT molecular complexity index is 1290. The monoisotopic (exact) mass is 698 g/mol. The predicted molar refractivity (Wildman–Crippen MR) is 205 cm³/mol. The highest BCUT2D eigenvalue weighted by Crippen LogP contribution is 2.60. The van der Waals surface area contributed by atoms with Crippen molar-refractivity contribution in [3.05, 3.63) is 47.6 Å². The van der Waals surface area contributed by atoms with E-state index in [1.54, 1.807) is 5.57 Å². The molecule has 0 saturated heterocycles. The molecule has 4 fully saturated rings. The van der Waals surface area contributed by atoms with Crippen molar-refractivity contribution < 1.29 is 23.5 Å². The lowest BCUT2D eigenvalue weighted by Gasteiger charge is -2.45. The van der Waals surface area contributed by atoms with Crippen LogP contribution in [0.25, 0.3) is 0 Å². The van der Waals surface area contributed by atoms with E-state index in [0.717, 1.165) is 24.8 Å². The zero-order valence-electron chi connectivity index (χ0n) is 32.9. The normalized spacial score (nSPS) is 32.8. The Kier molecular flexibility index (Phi) is 11.6. The first kappa shape index (κ1) is 39.5. The van der Waals surface area contributed by atoms with E-state index in [0.29, 0.717) is 30.6 Å². The molecular formula is C41H70O5Si2. The van der Waals surface area contributed by atoms with E-state index in [1.165, 1.54) is 38.4 Å². The Hall–Kier alpha value is -1.26. The number of hydrogen-bond acceptors (Lipinski definition) is 5. The zero-order chi connectivity index (χ0) is 36.1. The van der Waals surface area contributed by atoms with Crippen LogP contribution < -0.4 is 0 Å². The van der Waals surface area contributed by atoms with Crippen molar-refractivity contribution in [1.29, 1.82) is 0 Å². The van der Waals surface area contributed by atoms with Gasteiger partial charge in [-0.1, -0.05) is 91.8 Å². The number of carbonyl (C=O) groups is 1. The highest BCUT2D eigenvalue weighted by atomic mass is 28.4. The zero-order valence-corrected chi connectivity index (χ0v) is 34.9. The number of aliphatic hydroxyl groups is 1. The number of esters is 1. The maximum absolute atomic E-state index is 12.3. The lowest BCUT2D eigenvalue weighted by molar-refractivity contribution is -0.150. The van der Waals surface area contributed by atoms with Gasteiger partial charge in [0.15, 0.2) is 16.6 Å². The van der Waals surface area contributed by atoms with Gasteiger partial charge in [-0.15, -0.1) is 0 Å². The highest BCUT2D eigenvalue weighted by Gasteiger charge is 2.56. The minimum Gasteiger partial charge on any atom is -0.469 e. The molecule has 7 heteroatoms. The molecule has 0 bridgehead atoms. The van der Waals surface area contributed by atoms with Gasteiger partial charge in [0.05, 0.1) is 30.8 Å². The van der Waals surface area contributed by atoms with Crippen molar-refractivity contribution in [1.82, 2.24) is 0 Å². The summed E-state index contributed by atoms with van der Waals surface area (Å²) < 4.78 is 19.2. The molecule has 4 aliphatic rings. The number of allylic oxidation sites excluding steroid dienone is 4. The van der Waals surface area contributed by atoms with E-state index < -0.39 is 28.2 Å². The van der Waals surface area contributed by atoms with Crippen LogP contribution >= 0.6 is 0 Å². The second-order valence-corrected chi connectivity index (χ2v) is 28.7. The molecule has 48 heavy (non-hydrogen) atoms. The molecule has 4 saturated carbocycles. The van der Waals surface area contributed by atoms with Crippen LogP contribution in [0, 0.1) is 28.6 Å². The second kappa shape index (κ2) is 14.0. The van der Waals surface area contributed by atoms with E-state index in [2.05, 4.69) is 106 Å². The molecule has 0 unspecified atom stereocenters. The number of ether oxygens (including phenoxy) is 1. The third-order valence-electron chi connectivity index (χ3n) is 14.0. The maximum atomic E-state index is 12.3. The summed E-state index contributed by atoms with van der Waals surface area (Å²) in [5.74, 6) is 1.16. The standard InChI is InChI=1S/C41H70O5Si2/c1-28(17-22-36(42)41(24-25-41)37(43)44-10)33-20-21-34-30(16-15-23-40(33,34)9)18-19-31-26-32(45-47(11,12)38(3,4)5)27-35(29(31)2)46-48(13,14)39(6,7)8/h17-19,22,28,32-36,42H,2,15-16,20-21,23-27H2,1,3-14H3/t28-,32-,33-,34+,35+,36-,40-/m1/s1. The van der Waals surface area contributed by atoms with Crippen molar-refractivity contribution in [3.63, 3.8) is 0 Å². The number of fused-ring (bicyclic) bond motifs is 1. The molecular weight excluding hydrogens is 629 g/mol. The fraction of sp³-hybridized carbons (Fsp3) is 0.780. The fourth-order valence-electron chi connectivity index (χ4n) is 8.47. The minimum absolute atomic E-state index is 0.0107. The van der Waals surface area contributed by atoms with Crippen LogP contribution in [0.1, 0.15) is 113 Å². The Morgan fingerprint density at radius 2 is 1.56 bits per heavy atom. The largest absolute Gasteiger partial charge is 0.469 e. The van der Waals surface area contributed by atoms with Crippen LogP contribution in [0.15, 0.2) is 47.6 Å². The predicted octanol–water partition coefficient (Wildman–Crippen LogP) is 10.7. The number of carbonyl (C=O) groups excluding carboxylic acids is 1. The molecule has 0 amide bonds. The topological polar surface area (TPSA) is 65.0 Å². The third kappa shape index (κ3) is 7.96. The summed E-state index contributed by atoms with van der Waals surface area (Å²) in [6, 6.07) is 0. The second-order valence-electron chi connectivity index (χ2n) is 19.2. The molecule has 1 N–H and O–H groups in total. The van der Waals surface area contributed by atoms with Crippen molar-refractivity contribution >= 4 is 22.6 Å².